The molecule has 7 heteroatoms. The standard InChI is InChI=1S/C18H17N5O2/c19-18(25)17(13-7-3-1-4-8-13)21-16(24)11-14-12-20-23(22-14)15-9-5-2-6-10-15/h1-10,12,17H,11H2,(H2,19,25)(H,21,24). The number of amides is 2. The molecule has 0 radical (unpaired) electrons. The van der Waals surface area contributed by atoms with Gasteiger partial charge in [-0.05, 0) is 17.7 Å². The first-order valence-corrected chi connectivity index (χ1v) is 7.74. The number of carbonyl (C=O) groups excluding carboxylic acids is 2. The molecule has 3 rings (SSSR count). The van der Waals surface area contributed by atoms with E-state index < -0.39 is 11.9 Å². The normalized spacial score (nSPS) is 11.7. The molecule has 0 aliphatic rings. The van der Waals surface area contributed by atoms with Gasteiger partial charge in [-0.15, -0.1) is 0 Å². The molecule has 2 amide bonds. The molecule has 0 bridgehead atoms. The number of benzene rings is 2. The van der Waals surface area contributed by atoms with Crippen molar-refractivity contribution in [3.8, 4) is 5.69 Å². The van der Waals surface area contributed by atoms with Crippen molar-refractivity contribution in [2.45, 2.75) is 12.5 Å². The summed E-state index contributed by atoms with van der Waals surface area (Å²) < 4.78 is 0. The molecule has 1 atom stereocenters. The van der Waals surface area contributed by atoms with Gasteiger partial charge in [0, 0.05) is 0 Å². The minimum atomic E-state index is -0.877. The zero-order valence-electron chi connectivity index (χ0n) is 13.4. The monoisotopic (exact) mass is 335 g/mol. The topological polar surface area (TPSA) is 103 Å². The Labute approximate surface area is 144 Å². The van der Waals surface area contributed by atoms with E-state index in [4.69, 9.17) is 5.73 Å². The van der Waals surface area contributed by atoms with Crippen molar-refractivity contribution >= 4 is 11.8 Å². The average molecular weight is 335 g/mol. The minimum absolute atomic E-state index is 0.00342. The SMILES string of the molecule is NC(=O)C(NC(=O)Cc1cnn(-c2ccccc2)n1)c1ccccc1. The third-order valence-electron chi connectivity index (χ3n) is 3.59. The molecule has 1 heterocycles. The maximum absolute atomic E-state index is 12.3. The Morgan fingerprint density at radius 2 is 1.68 bits per heavy atom. The van der Waals surface area contributed by atoms with Gasteiger partial charge in [0.05, 0.1) is 24.0 Å². The summed E-state index contributed by atoms with van der Waals surface area (Å²) in [5.41, 5.74) is 7.34. The third kappa shape index (κ3) is 4.08. The van der Waals surface area contributed by atoms with Crippen LogP contribution in [0.3, 0.4) is 0 Å². The first-order valence-electron chi connectivity index (χ1n) is 7.74. The molecule has 0 saturated heterocycles. The van der Waals surface area contributed by atoms with Crippen molar-refractivity contribution in [1.29, 1.82) is 0 Å². The summed E-state index contributed by atoms with van der Waals surface area (Å²) in [5, 5.41) is 11.1. The Kier molecular flexibility index (Phi) is 4.84. The van der Waals surface area contributed by atoms with Crippen molar-refractivity contribution in [3.05, 3.63) is 78.1 Å². The Morgan fingerprint density at radius 3 is 2.32 bits per heavy atom. The molecule has 0 aliphatic heterocycles. The first-order chi connectivity index (χ1) is 12.1. The van der Waals surface area contributed by atoms with Crippen molar-refractivity contribution < 1.29 is 9.59 Å². The molecule has 7 nitrogen and oxygen atoms in total. The van der Waals surface area contributed by atoms with E-state index in [1.807, 2.05) is 36.4 Å². The summed E-state index contributed by atoms with van der Waals surface area (Å²) in [5.74, 6) is -0.972. The van der Waals surface area contributed by atoms with E-state index in [0.29, 0.717) is 11.3 Å². The highest BCUT2D eigenvalue weighted by molar-refractivity contribution is 5.88. The number of hydrogen-bond donors (Lipinski definition) is 2. The average Bonchev–Trinajstić information content (AvgIpc) is 3.09. The van der Waals surface area contributed by atoms with Crippen LogP contribution in [0.2, 0.25) is 0 Å². The molecule has 0 spiro atoms. The molecule has 1 aromatic heterocycles. The summed E-state index contributed by atoms with van der Waals surface area (Å²) in [6.45, 7) is 0. The predicted molar refractivity (Wildman–Crippen MR) is 91.6 cm³/mol. The van der Waals surface area contributed by atoms with E-state index in [1.165, 1.54) is 11.0 Å². The van der Waals surface area contributed by atoms with Crippen molar-refractivity contribution in [2.24, 2.45) is 5.73 Å². The van der Waals surface area contributed by atoms with Crippen LogP contribution in [0.25, 0.3) is 5.69 Å². The smallest absolute Gasteiger partial charge is 0.244 e. The van der Waals surface area contributed by atoms with Gasteiger partial charge in [-0.2, -0.15) is 15.0 Å². The highest BCUT2D eigenvalue weighted by Gasteiger charge is 2.20. The zero-order chi connectivity index (χ0) is 17.6. The minimum Gasteiger partial charge on any atom is -0.368 e. The largest absolute Gasteiger partial charge is 0.368 e. The Bertz CT molecular complexity index is 861. The number of aromatic nitrogens is 3. The van der Waals surface area contributed by atoms with E-state index in [0.717, 1.165) is 5.69 Å². The molecule has 1 unspecified atom stereocenters. The van der Waals surface area contributed by atoms with E-state index in [9.17, 15) is 9.59 Å². The van der Waals surface area contributed by atoms with E-state index in [-0.39, 0.29) is 12.3 Å². The van der Waals surface area contributed by atoms with Crippen LogP contribution in [0.4, 0.5) is 0 Å². The van der Waals surface area contributed by atoms with E-state index >= 15 is 0 Å². The fraction of sp³-hybridized carbons (Fsp3) is 0.111. The lowest BCUT2D eigenvalue weighted by molar-refractivity contribution is -0.127. The van der Waals surface area contributed by atoms with Gasteiger partial charge in [-0.1, -0.05) is 48.5 Å². The van der Waals surface area contributed by atoms with Crippen molar-refractivity contribution in [3.63, 3.8) is 0 Å². The van der Waals surface area contributed by atoms with Gasteiger partial charge in [0.2, 0.25) is 11.8 Å². The second kappa shape index (κ2) is 7.39. The van der Waals surface area contributed by atoms with Crippen LogP contribution in [0.15, 0.2) is 66.9 Å². The molecule has 0 saturated carbocycles. The van der Waals surface area contributed by atoms with Crippen LogP contribution in [0.1, 0.15) is 17.3 Å². The van der Waals surface area contributed by atoms with Crippen molar-refractivity contribution in [2.75, 3.05) is 0 Å². The molecule has 0 aliphatic carbocycles. The summed E-state index contributed by atoms with van der Waals surface area (Å²) >= 11 is 0. The molecule has 126 valence electrons. The maximum atomic E-state index is 12.3. The Hall–Kier alpha value is -3.48. The molecule has 0 fully saturated rings. The van der Waals surface area contributed by atoms with Gasteiger partial charge in [0.25, 0.3) is 0 Å². The van der Waals surface area contributed by atoms with Gasteiger partial charge in [0.15, 0.2) is 0 Å². The van der Waals surface area contributed by atoms with Crippen molar-refractivity contribution in [1.82, 2.24) is 20.3 Å². The molecular weight excluding hydrogens is 318 g/mol. The molecule has 25 heavy (non-hydrogen) atoms. The van der Waals surface area contributed by atoms with Gasteiger partial charge in [-0.25, -0.2) is 0 Å². The quantitative estimate of drug-likeness (QED) is 0.705. The van der Waals surface area contributed by atoms with Gasteiger partial charge < -0.3 is 11.1 Å². The Balaban J connectivity index is 1.68. The molecule has 2 aromatic carbocycles. The lowest BCUT2D eigenvalue weighted by atomic mass is 10.1. The zero-order valence-corrected chi connectivity index (χ0v) is 13.4. The Morgan fingerprint density at radius 1 is 1.04 bits per heavy atom. The first kappa shape index (κ1) is 16.4. The van der Waals surface area contributed by atoms with Gasteiger partial charge >= 0.3 is 0 Å². The van der Waals surface area contributed by atoms with Crippen LogP contribution < -0.4 is 11.1 Å². The van der Waals surface area contributed by atoms with Crippen LogP contribution in [-0.4, -0.2) is 26.8 Å². The van der Waals surface area contributed by atoms with Crippen LogP contribution >= 0.6 is 0 Å². The fourth-order valence-electron chi connectivity index (χ4n) is 2.40. The molecule has 3 aromatic rings. The fourth-order valence-corrected chi connectivity index (χ4v) is 2.40. The second-order valence-electron chi connectivity index (χ2n) is 5.45. The summed E-state index contributed by atoms with van der Waals surface area (Å²) in [6, 6.07) is 17.4. The third-order valence-corrected chi connectivity index (χ3v) is 3.59. The number of carbonyl (C=O) groups is 2. The second-order valence-corrected chi connectivity index (χ2v) is 5.45. The maximum Gasteiger partial charge on any atom is 0.244 e. The number of nitrogens with two attached hydrogens (primary N) is 1. The van der Waals surface area contributed by atoms with Crippen LogP contribution in [-0.2, 0) is 16.0 Å². The summed E-state index contributed by atoms with van der Waals surface area (Å²) in [6.07, 6.45) is 1.53. The van der Waals surface area contributed by atoms with Crippen LogP contribution in [0.5, 0.6) is 0 Å². The number of nitrogens with zero attached hydrogens (tertiary/aromatic N) is 3. The highest BCUT2D eigenvalue weighted by atomic mass is 16.2. The van der Waals surface area contributed by atoms with Crippen LogP contribution in [0, 0.1) is 0 Å². The highest BCUT2D eigenvalue weighted by Crippen LogP contribution is 2.12. The predicted octanol–water partition coefficient (Wildman–Crippen LogP) is 1.15. The molecular formula is C18H17N5O2. The number of rotatable bonds is 6. The summed E-state index contributed by atoms with van der Waals surface area (Å²) in [7, 11) is 0. The number of primary amides is 1. The lowest BCUT2D eigenvalue weighted by Crippen LogP contribution is -2.38. The van der Waals surface area contributed by atoms with E-state index in [2.05, 4.69) is 15.5 Å². The summed E-state index contributed by atoms with van der Waals surface area (Å²) in [4.78, 5) is 25.4. The number of para-hydroxylation sites is 1. The van der Waals surface area contributed by atoms with E-state index in [1.54, 1.807) is 24.3 Å². The number of hydrogen-bond acceptors (Lipinski definition) is 4. The van der Waals surface area contributed by atoms with Gasteiger partial charge in [0.1, 0.15) is 6.04 Å². The number of nitrogens with one attached hydrogen (secondary N) is 1. The lowest BCUT2D eigenvalue weighted by Gasteiger charge is -2.15. The molecule has 3 N–H and O–H groups in total. The van der Waals surface area contributed by atoms with Gasteiger partial charge in [-0.3, -0.25) is 9.59 Å².